The van der Waals surface area contributed by atoms with E-state index >= 15 is 0 Å². The lowest BCUT2D eigenvalue weighted by Crippen LogP contribution is -2.25. The van der Waals surface area contributed by atoms with Gasteiger partial charge in [-0.2, -0.15) is 0 Å². The summed E-state index contributed by atoms with van der Waals surface area (Å²) in [4.78, 5) is 24.0. The molecule has 1 N–H and O–H groups in total. The Morgan fingerprint density at radius 2 is 0.929 bits per heavy atom. The predicted molar refractivity (Wildman–Crippen MR) is 237 cm³/mol. The number of ether oxygens (including phenoxy) is 3. The molecule has 0 radical (unpaired) electrons. The maximum atomic E-state index is 12.0. The van der Waals surface area contributed by atoms with E-state index in [1.165, 1.54) is 109 Å². The van der Waals surface area contributed by atoms with Crippen LogP contribution in [0.3, 0.4) is 0 Å². The number of carbonyl (C=O) groups excluding carboxylic acids is 2. The molecule has 1 fully saturated rings. The average molecular weight is 783 g/mol. The lowest BCUT2D eigenvalue weighted by Gasteiger charge is -2.12. The largest absolute Gasteiger partial charge is 0.463 e. The number of allylic oxidation sites excluding steroid dienone is 8. The second kappa shape index (κ2) is 39.4. The molecule has 1 heterocycles. The molecule has 6 heteroatoms. The van der Waals surface area contributed by atoms with Crippen LogP contribution in [0.15, 0.2) is 60.8 Å². The standard InChI is InChI=1S/C50H86O6/c1-4-6-33-39-47-48(56-47)40-35-30-26-22-18-15-16-20-24-28-32-37-42-50(53)55-44-46(51)43-54-49(52)41-36-31-27-23-19-14-12-10-8-7-9-11-13-17-21-25-29-34-38-45(3)5-2/h6,16,18,20,22,28,30,32-33,35,45-48,51H,4-5,7-15,17,19,21,23-27,29,31,34,36-44H2,1-3H3/b20-16-,22-18-,32-28-,33-6-,35-30-/t45?,46-,47?,48?/m1/s1. The van der Waals surface area contributed by atoms with Crippen LogP contribution in [0.25, 0.3) is 0 Å². The molecule has 1 rings (SSSR count). The molecule has 1 aliphatic heterocycles. The maximum absolute atomic E-state index is 12.0. The van der Waals surface area contributed by atoms with E-state index in [0.717, 1.165) is 63.7 Å². The number of rotatable bonds is 40. The second-order valence-corrected chi connectivity index (χ2v) is 16.1. The molecule has 322 valence electrons. The van der Waals surface area contributed by atoms with Crippen molar-refractivity contribution < 1.29 is 28.9 Å². The number of carbonyl (C=O) groups is 2. The summed E-state index contributed by atoms with van der Waals surface area (Å²) >= 11 is 0. The van der Waals surface area contributed by atoms with Crippen LogP contribution < -0.4 is 0 Å². The lowest BCUT2D eigenvalue weighted by molar-refractivity contribution is -0.152. The molecule has 1 saturated heterocycles. The minimum absolute atomic E-state index is 0.142. The molecule has 0 saturated carbocycles. The topological polar surface area (TPSA) is 85.4 Å². The summed E-state index contributed by atoms with van der Waals surface area (Å²) in [6, 6.07) is 0. The van der Waals surface area contributed by atoms with Gasteiger partial charge in [0.25, 0.3) is 0 Å². The van der Waals surface area contributed by atoms with Crippen LogP contribution in [0.1, 0.15) is 207 Å². The van der Waals surface area contributed by atoms with Gasteiger partial charge in [-0.15, -0.1) is 0 Å². The Morgan fingerprint density at radius 1 is 0.536 bits per heavy atom. The Morgan fingerprint density at radius 3 is 1.39 bits per heavy atom. The number of hydrogen-bond acceptors (Lipinski definition) is 6. The molecule has 1 aliphatic rings. The molecule has 4 atom stereocenters. The fourth-order valence-corrected chi connectivity index (χ4v) is 6.72. The molecular formula is C50H86O6. The van der Waals surface area contributed by atoms with Crippen LogP contribution in [-0.2, 0) is 23.8 Å². The van der Waals surface area contributed by atoms with Crippen LogP contribution in [-0.4, -0.2) is 48.6 Å². The van der Waals surface area contributed by atoms with Gasteiger partial charge in [0.1, 0.15) is 19.3 Å². The first kappa shape index (κ1) is 51.6. The Balaban J connectivity index is 1.82. The Hall–Kier alpha value is -2.44. The van der Waals surface area contributed by atoms with Gasteiger partial charge in [-0.3, -0.25) is 9.59 Å². The van der Waals surface area contributed by atoms with Crippen LogP contribution in [0.2, 0.25) is 0 Å². The van der Waals surface area contributed by atoms with Gasteiger partial charge in [0.15, 0.2) is 0 Å². The number of aliphatic hydroxyl groups is 1. The van der Waals surface area contributed by atoms with E-state index in [4.69, 9.17) is 14.2 Å². The molecule has 0 aromatic rings. The first-order valence-corrected chi connectivity index (χ1v) is 23.4. The summed E-state index contributed by atoms with van der Waals surface area (Å²) in [7, 11) is 0. The zero-order valence-corrected chi connectivity index (χ0v) is 36.5. The molecule has 3 unspecified atom stereocenters. The highest BCUT2D eigenvalue weighted by Gasteiger charge is 2.35. The molecule has 6 nitrogen and oxygen atoms in total. The Labute approximate surface area is 345 Å². The van der Waals surface area contributed by atoms with Gasteiger partial charge in [-0.25, -0.2) is 0 Å². The highest BCUT2D eigenvalue weighted by atomic mass is 16.6. The molecule has 0 spiro atoms. The predicted octanol–water partition coefficient (Wildman–Crippen LogP) is 14.0. The highest BCUT2D eigenvalue weighted by Crippen LogP contribution is 2.29. The van der Waals surface area contributed by atoms with E-state index in [2.05, 4.69) is 69.4 Å². The van der Waals surface area contributed by atoms with E-state index in [1.807, 2.05) is 12.2 Å². The molecule has 0 bridgehead atoms. The summed E-state index contributed by atoms with van der Waals surface area (Å²) in [6.45, 7) is 6.53. The number of aliphatic hydroxyl groups excluding tert-OH is 1. The number of epoxide rings is 1. The van der Waals surface area contributed by atoms with Crippen molar-refractivity contribution in [2.75, 3.05) is 13.2 Å². The van der Waals surface area contributed by atoms with Gasteiger partial charge in [0.2, 0.25) is 0 Å². The quantitative estimate of drug-likeness (QED) is 0.0288. The van der Waals surface area contributed by atoms with Gasteiger partial charge in [0.05, 0.1) is 12.2 Å². The molecule has 0 amide bonds. The summed E-state index contributed by atoms with van der Waals surface area (Å²) in [6.07, 6.45) is 54.8. The van der Waals surface area contributed by atoms with Gasteiger partial charge in [-0.1, -0.05) is 204 Å². The van der Waals surface area contributed by atoms with Crippen molar-refractivity contribution in [2.45, 2.75) is 225 Å². The van der Waals surface area contributed by atoms with Crippen molar-refractivity contribution in [3.05, 3.63) is 60.8 Å². The number of hydrogen-bond donors (Lipinski definition) is 1. The van der Waals surface area contributed by atoms with Gasteiger partial charge in [0, 0.05) is 12.8 Å². The van der Waals surface area contributed by atoms with Crippen molar-refractivity contribution in [3.63, 3.8) is 0 Å². The number of unbranched alkanes of at least 4 members (excludes halogenated alkanes) is 17. The fraction of sp³-hybridized carbons (Fsp3) is 0.760. The molecule has 0 aliphatic carbocycles. The van der Waals surface area contributed by atoms with Crippen LogP contribution >= 0.6 is 0 Å². The smallest absolute Gasteiger partial charge is 0.306 e. The SMILES string of the molecule is CC/C=C\CC1OC1C/C=C\C/C=C\C/C=C\C/C=C\CCC(=O)OC[C@H](O)COC(=O)CCCCCCCCCCCCCCCCCCCCC(C)CC. The van der Waals surface area contributed by atoms with Crippen LogP contribution in [0.5, 0.6) is 0 Å². The third-order valence-corrected chi connectivity index (χ3v) is 10.7. The summed E-state index contributed by atoms with van der Waals surface area (Å²) in [5, 5.41) is 10.1. The van der Waals surface area contributed by atoms with Gasteiger partial charge >= 0.3 is 11.9 Å². The summed E-state index contributed by atoms with van der Waals surface area (Å²) < 4.78 is 16.0. The van der Waals surface area contributed by atoms with Crippen LogP contribution in [0, 0.1) is 5.92 Å². The van der Waals surface area contributed by atoms with Crippen molar-refractivity contribution >= 4 is 11.9 Å². The maximum Gasteiger partial charge on any atom is 0.306 e. The summed E-state index contributed by atoms with van der Waals surface area (Å²) in [5.41, 5.74) is 0. The lowest BCUT2D eigenvalue weighted by atomic mass is 9.99. The van der Waals surface area contributed by atoms with Crippen molar-refractivity contribution in [1.82, 2.24) is 0 Å². The minimum Gasteiger partial charge on any atom is -0.463 e. The zero-order valence-electron chi connectivity index (χ0n) is 36.5. The van der Waals surface area contributed by atoms with E-state index in [0.29, 0.717) is 25.0 Å². The number of esters is 2. The third-order valence-electron chi connectivity index (χ3n) is 10.7. The first-order valence-electron chi connectivity index (χ1n) is 23.4. The monoisotopic (exact) mass is 783 g/mol. The zero-order chi connectivity index (χ0) is 40.6. The normalized spacial score (nSPS) is 16.9. The van der Waals surface area contributed by atoms with Gasteiger partial charge < -0.3 is 19.3 Å². The highest BCUT2D eigenvalue weighted by molar-refractivity contribution is 5.70. The molecular weight excluding hydrogens is 697 g/mol. The molecule has 0 aromatic heterocycles. The van der Waals surface area contributed by atoms with E-state index in [9.17, 15) is 14.7 Å². The molecule has 0 aromatic carbocycles. The fourth-order valence-electron chi connectivity index (χ4n) is 6.72. The molecule has 56 heavy (non-hydrogen) atoms. The van der Waals surface area contributed by atoms with E-state index < -0.39 is 6.10 Å². The summed E-state index contributed by atoms with van der Waals surface area (Å²) in [5.74, 6) is 0.251. The average Bonchev–Trinajstić information content (AvgIpc) is 3.96. The van der Waals surface area contributed by atoms with Crippen LogP contribution in [0.4, 0.5) is 0 Å². The van der Waals surface area contributed by atoms with Crippen molar-refractivity contribution in [3.8, 4) is 0 Å². The second-order valence-electron chi connectivity index (χ2n) is 16.1. The first-order chi connectivity index (χ1) is 27.5. The van der Waals surface area contributed by atoms with Gasteiger partial charge in [-0.05, 0) is 57.3 Å². The van der Waals surface area contributed by atoms with E-state index in [-0.39, 0.29) is 31.6 Å². The Kier molecular flexibility index (Phi) is 36.3. The third kappa shape index (κ3) is 35.9. The Bertz CT molecular complexity index is 1060. The van der Waals surface area contributed by atoms with Crippen molar-refractivity contribution in [1.29, 1.82) is 0 Å². The van der Waals surface area contributed by atoms with E-state index in [1.54, 1.807) is 0 Å². The minimum atomic E-state index is -0.999. The van der Waals surface area contributed by atoms with Crippen molar-refractivity contribution in [2.24, 2.45) is 5.92 Å².